The molecule has 1 aromatic rings. The molecule has 3 nitrogen and oxygen atoms in total. The van der Waals surface area contributed by atoms with Crippen molar-refractivity contribution in [1.82, 2.24) is 4.90 Å². The van der Waals surface area contributed by atoms with Crippen LogP contribution in [0.15, 0.2) is 12.1 Å². The van der Waals surface area contributed by atoms with Crippen molar-refractivity contribution < 1.29 is 4.74 Å². The minimum Gasteiger partial charge on any atom is -0.493 e. The molecule has 2 N–H and O–H groups in total. The molecule has 0 amide bonds. The normalized spacial score (nSPS) is 23.2. The van der Waals surface area contributed by atoms with E-state index in [1.54, 1.807) is 0 Å². The van der Waals surface area contributed by atoms with Crippen molar-refractivity contribution in [2.24, 2.45) is 11.7 Å². The topological polar surface area (TPSA) is 38.5 Å². The Morgan fingerprint density at radius 2 is 2.32 bits per heavy atom. The predicted octanol–water partition coefficient (Wildman–Crippen LogP) is 2.45. The molecule has 2 aliphatic rings. The van der Waals surface area contributed by atoms with Crippen molar-refractivity contribution >= 4 is 11.6 Å². The summed E-state index contributed by atoms with van der Waals surface area (Å²) < 4.78 is 5.77. The van der Waals surface area contributed by atoms with E-state index in [0.717, 1.165) is 50.0 Å². The van der Waals surface area contributed by atoms with Crippen molar-refractivity contribution in [3.05, 3.63) is 28.3 Å². The van der Waals surface area contributed by atoms with Gasteiger partial charge < -0.3 is 10.5 Å². The van der Waals surface area contributed by atoms with Gasteiger partial charge in [-0.25, -0.2) is 0 Å². The molecule has 1 unspecified atom stereocenters. The van der Waals surface area contributed by atoms with Crippen LogP contribution < -0.4 is 10.5 Å². The van der Waals surface area contributed by atoms with Crippen LogP contribution in [0, 0.1) is 5.92 Å². The molecule has 0 bridgehead atoms. The van der Waals surface area contributed by atoms with Crippen molar-refractivity contribution in [2.45, 2.75) is 25.8 Å². The third kappa shape index (κ3) is 2.88. The summed E-state index contributed by atoms with van der Waals surface area (Å²) in [6.07, 6.45) is 3.48. The van der Waals surface area contributed by atoms with E-state index in [1.165, 1.54) is 24.0 Å². The average molecular weight is 281 g/mol. The molecule has 19 heavy (non-hydrogen) atoms. The van der Waals surface area contributed by atoms with Gasteiger partial charge in [0.2, 0.25) is 0 Å². The molecule has 2 heterocycles. The summed E-state index contributed by atoms with van der Waals surface area (Å²) in [5.41, 5.74) is 8.29. The Hall–Kier alpha value is -0.770. The molecule has 1 atom stereocenters. The lowest BCUT2D eigenvalue weighted by Crippen LogP contribution is -2.37. The van der Waals surface area contributed by atoms with Crippen molar-refractivity contribution in [2.75, 3.05) is 26.2 Å². The first kappa shape index (κ1) is 13.2. The molecule has 4 heteroatoms. The van der Waals surface area contributed by atoms with Gasteiger partial charge in [0, 0.05) is 30.1 Å². The molecule has 0 saturated carbocycles. The highest BCUT2D eigenvalue weighted by molar-refractivity contribution is 6.30. The molecular formula is C15H21ClN2O. The van der Waals surface area contributed by atoms with Gasteiger partial charge in [-0.2, -0.15) is 0 Å². The van der Waals surface area contributed by atoms with E-state index in [1.807, 2.05) is 6.07 Å². The second-order valence-corrected chi connectivity index (χ2v) is 6.07. The lowest BCUT2D eigenvalue weighted by molar-refractivity contribution is 0.169. The summed E-state index contributed by atoms with van der Waals surface area (Å²) >= 11 is 6.21. The Balaban J connectivity index is 1.76. The zero-order chi connectivity index (χ0) is 13.2. The van der Waals surface area contributed by atoms with Gasteiger partial charge in [0.05, 0.1) is 6.61 Å². The van der Waals surface area contributed by atoms with Crippen LogP contribution in [0.3, 0.4) is 0 Å². The SMILES string of the molecule is NCC1CCCN(Cc2cc(Cl)cc3c2OCC3)C1. The van der Waals surface area contributed by atoms with E-state index in [9.17, 15) is 0 Å². The standard InChI is InChI=1S/C15H21ClN2O/c16-14-6-12-3-5-19-15(12)13(7-14)10-18-4-1-2-11(8-17)9-18/h6-7,11H,1-5,8-10,17H2. The fraction of sp³-hybridized carbons (Fsp3) is 0.600. The lowest BCUT2D eigenvalue weighted by Gasteiger charge is -2.32. The number of hydrogen-bond acceptors (Lipinski definition) is 3. The highest BCUT2D eigenvalue weighted by atomic mass is 35.5. The average Bonchev–Trinajstić information content (AvgIpc) is 2.87. The van der Waals surface area contributed by atoms with Crippen LogP contribution in [0.2, 0.25) is 5.02 Å². The highest BCUT2D eigenvalue weighted by Gasteiger charge is 2.22. The number of piperidine rings is 1. The summed E-state index contributed by atoms with van der Waals surface area (Å²) in [6.45, 7) is 4.75. The van der Waals surface area contributed by atoms with Gasteiger partial charge in [0.15, 0.2) is 0 Å². The Kier molecular flexibility index (Phi) is 3.96. The number of hydrogen-bond donors (Lipinski definition) is 1. The predicted molar refractivity (Wildman–Crippen MR) is 77.7 cm³/mol. The van der Waals surface area contributed by atoms with Gasteiger partial charge in [-0.15, -0.1) is 0 Å². The molecule has 0 aromatic heterocycles. The number of benzene rings is 1. The quantitative estimate of drug-likeness (QED) is 0.924. The maximum absolute atomic E-state index is 6.21. The molecule has 1 aromatic carbocycles. The van der Waals surface area contributed by atoms with E-state index >= 15 is 0 Å². The van der Waals surface area contributed by atoms with Gasteiger partial charge in [-0.1, -0.05) is 11.6 Å². The second-order valence-electron chi connectivity index (χ2n) is 5.63. The van der Waals surface area contributed by atoms with Gasteiger partial charge in [0.1, 0.15) is 5.75 Å². The zero-order valence-electron chi connectivity index (χ0n) is 11.2. The first-order valence-electron chi connectivity index (χ1n) is 7.13. The molecular weight excluding hydrogens is 260 g/mol. The van der Waals surface area contributed by atoms with Crippen LogP contribution in [0.25, 0.3) is 0 Å². The Labute approximate surface area is 119 Å². The van der Waals surface area contributed by atoms with E-state index in [-0.39, 0.29) is 0 Å². The number of halogens is 1. The van der Waals surface area contributed by atoms with Crippen LogP contribution in [0.1, 0.15) is 24.0 Å². The number of nitrogens with zero attached hydrogens (tertiary/aromatic N) is 1. The first-order chi connectivity index (χ1) is 9.26. The molecule has 3 rings (SSSR count). The van der Waals surface area contributed by atoms with Gasteiger partial charge in [0.25, 0.3) is 0 Å². The summed E-state index contributed by atoms with van der Waals surface area (Å²) in [5, 5.41) is 0.826. The molecule has 0 spiro atoms. The van der Waals surface area contributed by atoms with Crippen LogP contribution in [0.5, 0.6) is 5.75 Å². The summed E-state index contributed by atoms with van der Waals surface area (Å²) in [6, 6.07) is 4.09. The van der Waals surface area contributed by atoms with Gasteiger partial charge in [-0.3, -0.25) is 4.90 Å². The summed E-state index contributed by atoms with van der Waals surface area (Å²) in [7, 11) is 0. The second kappa shape index (κ2) is 5.70. The molecule has 2 aliphatic heterocycles. The van der Waals surface area contributed by atoms with Crippen LogP contribution in [-0.2, 0) is 13.0 Å². The smallest absolute Gasteiger partial charge is 0.127 e. The zero-order valence-corrected chi connectivity index (χ0v) is 12.0. The van der Waals surface area contributed by atoms with Crippen molar-refractivity contribution in [3.8, 4) is 5.75 Å². The van der Waals surface area contributed by atoms with Gasteiger partial charge in [-0.05, 0) is 49.5 Å². The first-order valence-corrected chi connectivity index (χ1v) is 7.50. The van der Waals surface area contributed by atoms with Crippen molar-refractivity contribution in [3.63, 3.8) is 0 Å². The number of fused-ring (bicyclic) bond motifs is 1. The third-order valence-electron chi connectivity index (χ3n) is 4.16. The molecule has 1 saturated heterocycles. The lowest BCUT2D eigenvalue weighted by atomic mass is 9.97. The van der Waals surface area contributed by atoms with Crippen LogP contribution in [0.4, 0.5) is 0 Å². The van der Waals surface area contributed by atoms with Crippen molar-refractivity contribution in [1.29, 1.82) is 0 Å². The maximum atomic E-state index is 6.21. The molecule has 1 fully saturated rings. The highest BCUT2D eigenvalue weighted by Crippen LogP contribution is 2.34. The fourth-order valence-electron chi connectivity index (χ4n) is 3.19. The van der Waals surface area contributed by atoms with E-state index < -0.39 is 0 Å². The fourth-order valence-corrected chi connectivity index (χ4v) is 3.46. The number of rotatable bonds is 3. The maximum Gasteiger partial charge on any atom is 0.127 e. The van der Waals surface area contributed by atoms with Crippen LogP contribution in [-0.4, -0.2) is 31.1 Å². The van der Waals surface area contributed by atoms with E-state index in [0.29, 0.717) is 5.92 Å². The number of nitrogens with two attached hydrogens (primary N) is 1. The monoisotopic (exact) mass is 280 g/mol. The Morgan fingerprint density at radius 1 is 1.42 bits per heavy atom. The molecule has 0 aliphatic carbocycles. The Morgan fingerprint density at radius 3 is 3.16 bits per heavy atom. The van der Waals surface area contributed by atoms with E-state index in [2.05, 4.69) is 11.0 Å². The third-order valence-corrected chi connectivity index (χ3v) is 4.37. The Bertz CT molecular complexity index is 464. The van der Waals surface area contributed by atoms with Crippen LogP contribution >= 0.6 is 11.6 Å². The minimum absolute atomic E-state index is 0.641. The molecule has 104 valence electrons. The number of likely N-dealkylation sites (tertiary alicyclic amines) is 1. The molecule has 0 radical (unpaired) electrons. The summed E-state index contributed by atoms with van der Waals surface area (Å²) in [5.74, 6) is 1.71. The number of ether oxygens (including phenoxy) is 1. The minimum atomic E-state index is 0.641. The largest absolute Gasteiger partial charge is 0.493 e. The summed E-state index contributed by atoms with van der Waals surface area (Å²) in [4.78, 5) is 2.48. The van der Waals surface area contributed by atoms with E-state index in [4.69, 9.17) is 22.1 Å². The van der Waals surface area contributed by atoms with Gasteiger partial charge >= 0.3 is 0 Å².